The molecule has 1 atom stereocenters. The summed E-state index contributed by atoms with van der Waals surface area (Å²) in [4.78, 5) is 0. The van der Waals surface area contributed by atoms with E-state index in [9.17, 15) is 0 Å². The molecule has 0 nitrogen and oxygen atoms in total. The van der Waals surface area contributed by atoms with Gasteiger partial charge in [-0.25, -0.2) is 0 Å². The Hall–Kier alpha value is 0. The lowest BCUT2D eigenvalue weighted by atomic mass is 9.60. The number of rotatable bonds is 4. The van der Waals surface area contributed by atoms with Crippen molar-refractivity contribution < 1.29 is 0 Å². The van der Waals surface area contributed by atoms with Crippen LogP contribution in [0.15, 0.2) is 0 Å². The molecule has 0 heteroatoms. The molecule has 0 aromatic heterocycles. The van der Waals surface area contributed by atoms with Gasteiger partial charge in [-0.05, 0) is 29.1 Å². The largest absolute Gasteiger partial charge is 0.0654 e. The van der Waals surface area contributed by atoms with Crippen molar-refractivity contribution in [2.75, 3.05) is 0 Å². The lowest BCUT2D eigenvalue weighted by molar-refractivity contribution is 0.0906. The van der Waals surface area contributed by atoms with Crippen LogP contribution in [-0.2, 0) is 0 Å². The maximum absolute atomic E-state index is 2.42. The van der Waals surface area contributed by atoms with Crippen LogP contribution in [0.4, 0.5) is 0 Å². The number of hydrogen-bond donors (Lipinski definition) is 0. The van der Waals surface area contributed by atoms with E-state index in [1.807, 2.05) is 0 Å². The van der Waals surface area contributed by atoms with Gasteiger partial charge in [0.2, 0.25) is 0 Å². The Kier molecular flexibility index (Phi) is 4.68. The van der Waals surface area contributed by atoms with Crippen molar-refractivity contribution >= 4 is 0 Å². The van der Waals surface area contributed by atoms with Crippen molar-refractivity contribution in [3.05, 3.63) is 5.92 Å². The quantitative estimate of drug-likeness (QED) is 0.589. The van der Waals surface area contributed by atoms with Gasteiger partial charge in [-0.1, -0.05) is 61.8 Å². The molecule has 0 aliphatic heterocycles. The molecule has 85 valence electrons. The van der Waals surface area contributed by atoms with Crippen LogP contribution in [-0.4, -0.2) is 0 Å². The first kappa shape index (κ1) is 14.0. The molecular weight excluding hydrogens is 168 g/mol. The molecule has 0 aromatic carbocycles. The minimum atomic E-state index is 0.386. The first-order valence-corrected chi connectivity index (χ1v) is 5.93. The van der Waals surface area contributed by atoms with Gasteiger partial charge in [0.25, 0.3) is 0 Å². The third-order valence-corrected chi connectivity index (χ3v) is 3.12. The van der Waals surface area contributed by atoms with Crippen molar-refractivity contribution in [1.82, 2.24) is 0 Å². The zero-order chi connectivity index (χ0) is 11.6. The molecule has 0 saturated carbocycles. The second-order valence-corrected chi connectivity index (χ2v) is 6.61. The molecule has 0 fully saturated rings. The van der Waals surface area contributed by atoms with E-state index in [0.29, 0.717) is 10.8 Å². The van der Waals surface area contributed by atoms with Crippen molar-refractivity contribution in [1.29, 1.82) is 0 Å². The van der Waals surface area contributed by atoms with Gasteiger partial charge in [0, 0.05) is 0 Å². The topological polar surface area (TPSA) is 0 Å². The fourth-order valence-corrected chi connectivity index (χ4v) is 3.61. The Bertz CT molecular complexity index is 157. The van der Waals surface area contributed by atoms with Gasteiger partial charge < -0.3 is 0 Å². The molecule has 14 heavy (non-hydrogen) atoms. The molecule has 0 amide bonds. The summed E-state index contributed by atoms with van der Waals surface area (Å²) < 4.78 is 0. The van der Waals surface area contributed by atoms with Crippen LogP contribution >= 0.6 is 0 Å². The first-order chi connectivity index (χ1) is 6.13. The lowest BCUT2D eigenvalue weighted by Crippen LogP contribution is -2.37. The summed E-state index contributed by atoms with van der Waals surface area (Å²) in [6, 6.07) is 0. The Morgan fingerprint density at radius 1 is 1.00 bits per heavy atom. The average Bonchev–Trinajstić information content (AvgIpc) is 1.78. The van der Waals surface area contributed by atoms with Crippen molar-refractivity contribution in [3.63, 3.8) is 0 Å². The van der Waals surface area contributed by atoms with Gasteiger partial charge in [-0.3, -0.25) is 0 Å². The summed E-state index contributed by atoms with van der Waals surface area (Å²) in [5.74, 6) is 2.30. The van der Waals surface area contributed by atoms with E-state index < -0.39 is 0 Å². The highest BCUT2D eigenvalue weighted by Gasteiger charge is 2.39. The molecular formula is C14H29. The van der Waals surface area contributed by atoms with E-state index in [1.165, 1.54) is 12.8 Å². The Morgan fingerprint density at radius 2 is 1.43 bits per heavy atom. The van der Waals surface area contributed by atoms with E-state index in [0.717, 1.165) is 5.92 Å². The van der Waals surface area contributed by atoms with Crippen LogP contribution in [0.1, 0.15) is 68.2 Å². The highest BCUT2D eigenvalue weighted by molar-refractivity contribution is 5.01. The van der Waals surface area contributed by atoms with E-state index in [4.69, 9.17) is 0 Å². The number of hydrogen-bond acceptors (Lipinski definition) is 0. The highest BCUT2D eigenvalue weighted by Crippen LogP contribution is 2.47. The fourth-order valence-electron chi connectivity index (χ4n) is 3.61. The van der Waals surface area contributed by atoms with Crippen LogP contribution in [0.5, 0.6) is 0 Å². The third-order valence-electron chi connectivity index (χ3n) is 3.12. The normalized spacial score (nSPS) is 16.1. The van der Waals surface area contributed by atoms with Crippen LogP contribution in [0.3, 0.4) is 0 Å². The Morgan fingerprint density at radius 3 is 1.64 bits per heavy atom. The average molecular weight is 197 g/mol. The minimum Gasteiger partial charge on any atom is -0.0654 e. The molecule has 0 aromatic rings. The van der Waals surface area contributed by atoms with Crippen molar-refractivity contribution in [2.45, 2.75) is 68.2 Å². The van der Waals surface area contributed by atoms with Gasteiger partial charge in [0.15, 0.2) is 0 Å². The van der Waals surface area contributed by atoms with Crippen molar-refractivity contribution in [3.8, 4) is 0 Å². The smallest absolute Gasteiger partial charge is 0.0257 e. The summed E-state index contributed by atoms with van der Waals surface area (Å²) in [6.45, 7) is 18.8. The Balaban J connectivity index is 4.82. The van der Waals surface area contributed by atoms with Crippen LogP contribution in [0.2, 0.25) is 0 Å². The standard InChI is InChI=1S/C14H29/c1-9-10-14(7,8)12(11(2)3)13(4,5)6/h12H,9-10H2,1-8H3. The van der Waals surface area contributed by atoms with Gasteiger partial charge in [0.1, 0.15) is 0 Å². The van der Waals surface area contributed by atoms with E-state index >= 15 is 0 Å². The molecule has 0 spiro atoms. The zero-order valence-corrected chi connectivity index (χ0v) is 11.5. The van der Waals surface area contributed by atoms with Crippen LogP contribution in [0, 0.1) is 22.7 Å². The molecule has 1 unspecified atom stereocenters. The monoisotopic (exact) mass is 197 g/mol. The maximum Gasteiger partial charge on any atom is -0.0257 e. The molecule has 0 aliphatic rings. The molecule has 0 bridgehead atoms. The zero-order valence-electron chi connectivity index (χ0n) is 11.5. The molecule has 1 radical (unpaired) electrons. The van der Waals surface area contributed by atoms with E-state index in [-0.39, 0.29) is 0 Å². The molecule has 0 saturated heterocycles. The predicted octanol–water partition coefficient (Wildman–Crippen LogP) is 5.09. The molecule has 0 N–H and O–H groups in total. The van der Waals surface area contributed by atoms with Gasteiger partial charge >= 0.3 is 0 Å². The third kappa shape index (κ3) is 3.63. The van der Waals surface area contributed by atoms with E-state index in [2.05, 4.69) is 55.4 Å². The predicted molar refractivity (Wildman–Crippen MR) is 66.2 cm³/mol. The summed E-state index contributed by atoms with van der Waals surface area (Å²) >= 11 is 0. The summed E-state index contributed by atoms with van der Waals surface area (Å²) in [6.07, 6.45) is 2.60. The van der Waals surface area contributed by atoms with Gasteiger partial charge in [0.05, 0.1) is 0 Å². The second-order valence-electron chi connectivity index (χ2n) is 6.61. The summed E-state index contributed by atoms with van der Waals surface area (Å²) in [5.41, 5.74) is 0.823. The van der Waals surface area contributed by atoms with Crippen LogP contribution < -0.4 is 0 Å². The van der Waals surface area contributed by atoms with Gasteiger partial charge in [-0.2, -0.15) is 0 Å². The van der Waals surface area contributed by atoms with E-state index in [1.54, 1.807) is 5.92 Å². The lowest BCUT2D eigenvalue weighted by Gasteiger charge is -2.45. The molecule has 0 rings (SSSR count). The second kappa shape index (κ2) is 4.68. The van der Waals surface area contributed by atoms with Gasteiger partial charge in [-0.15, -0.1) is 0 Å². The maximum atomic E-state index is 2.42. The minimum absolute atomic E-state index is 0.386. The summed E-state index contributed by atoms with van der Waals surface area (Å²) in [5, 5.41) is 0. The fraction of sp³-hybridized carbons (Fsp3) is 0.929. The summed E-state index contributed by atoms with van der Waals surface area (Å²) in [7, 11) is 0. The van der Waals surface area contributed by atoms with Crippen molar-refractivity contribution in [2.24, 2.45) is 16.7 Å². The first-order valence-electron chi connectivity index (χ1n) is 5.93. The molecule has 0 aliphatic carbocycles. The highest BCUT2D eigenvalue weighted by atomic mass is 14.4. The SMILES string of the molecule is CCCC(C)(C)C([C](C)C)C(C)(C)C. The Labute approximate surface area is 91.5 Å². The molecule has 0 heterocycles. The van der Waals surface area contributed by atoms with Crippen LogP contribution in [0.25, 0.3) is 0 Å².